The molecule has 2 saturated heterocycles. The Bertz CT molecular complexity index is 326. The van der Waals surface area contributed by atoms with E-state index in [1.54, 1.807) is 0 Å². The largest absolute Gasteiger partial charge is 0.481 e. The van der Waals surface area contributed by atoms with Gasteiger partial charge in [0.15, 0.2) is 0 Å². The molecule has 0 aromatic rings. The monoisotopic (exact) mass is 315 g/mol. The number of carbonyl (C=O) groups is 1. The molecule has 0 aromatic heterocycles. The molecule has 0 bridgehead atoms. The highest BCUT2D eigenvalue weighted by atomic mass is 32.2. The standard InChI is InChI=1S/C16H29NO3S/c1-13(2-3-15(18)19)4-8-17-14-5-9-20-16(12-14)6-10-21-11-7-16/h13-14,17H,2-12H2,1H3,(H,18,19). The number of hydrogen-bond acceptors (Lipinski definition) is 4. The molecule has 0 amide bonds. The molecule has 0 aliphatic carbocycles. The van der Waals surface area contributed by atoms with Crippen molar-refractivity contribution >= 4 is 17.7 Å². The summed E-state index contributed by atoms with van der Waals surface area (Å²) in [5.41, 5.74) is 0.149. The van der Waals surface area contributed by atoms with Crippen molar-refractivity contribution in [1.29, 1.82) is 0 Å². The molecule has 0 radical (unpaired) electrons. The van der Waals surface area contributed by atoms with E-state index in [1.165, 1.54) is 24.3 Å². The van der Waals surface area contributed by atoms with E-state index < -0.39 is 5.97 Å². The molecule has 5 heteroatoms. The molecular formula is C16H29NO3S. The number of aliphatic carboxylic acids is 1. The van der Waals surface area contributed by atoms with E-state index in [4.69, 9.17) is 9.84 Å². The third kappa shape index (κ3) is 5.80. The fourth-order valence-corrected chi connectivity index (χ4v) is 4.58. The van der Waals surface area contributed by atoms with Crippen LogP contribution in [0.4, 0.5) is 0 Å². The maximum Gasteiger partial charge on any atom is 0.303 e. The Morgan fingerprint density at radius 2 is 2.19 bits per heavy atom. The van der Waals surface area contributed by atoms with E-state index >= 15 is 0 Å². The summed E-state index contributed by atoms with van der Waals surface area (Å²) in [5, 5.41) is 12.4. The number of thioether (sulfide) groups is 1. The lowest BCUT2D eigenvalue weighted by Crippen LogP contribution is -2.49. The van der Waals surface area contributed by atoms with Gasteiger partial charge in [-0.25, -0.2) is 0 Å². The van der Waals surface area contributed by atoms with Crippen LogP contribution in [0.5, 0.6) is 0 Å². The Kier molecular flexibility index (Phi) is 6.83. The zero-order valence-corrected chi connectivity index (χ0v) is 13.9. The van der Waals surface area contributed by atoms with Crippen molar-refractivity contribution in [1.82, 2.24) is 5.32 Å². The summed E-state index contributed by atoms with van der Waals surface area (Å²) in [6.45, 7) is 4.03. The number of hydrogen-bond donors (Lipinski definition) is 2. The van der Waals surface area contributed by atoms with Crippen LogP contribution in [0.3, 0.4) is 0 Å². The highest BCUT2D eigenvalue weighted by Gasteiger charge is 2.38. The van der Waals surface area contributed by atoms with E-state index in [2.05, 4.69) is 12.2 Å². The second kappa shape index (κ2) is 8.39. The Balaban J connectivity index is 1.65. The topological polar surface area (TPSA) is 58.6 Å². The molecule has 2 N–H and O–H groups in total. The summed E-state index contributed by atoms with van der Waals surface area (Å²) < 4.78 is 6.11. The molecule has 2 heterocycles. The van der Waals surface area contributed by atoms with Gasteiger partial charge < -0.3 is 15.2 Å². The van der Waals surface area contributed by atoms with Crippen molar-refractivity contribution < 1.29 is 14.6 Å². The number of ether oxygens (including phenoxy) is 1. The Morgan fingerprint density at radius 1 is 1.43 bits per heavy atom. The Hall–Kier alpha value is -0.260. The number of carboxylic acids is 1. The van der Waals surface area contributed by atoms with E-state index in [-0.39, 0.29) is 5.60 Å². The van der Waals surface area contributed by atoms with Crippen molar-refractivity contribution in [3.8, 4) is 0 Å². The van der Waals surface area contributed by atoms with Crippen LogP contribution in [-0.2, 0) is 9.53 Å². The van der Waals surface area contributed by atoms with Gasteiger partial charge >= 0.3 is 5.97 Å². The lowest BCUT2D eigenvalue weighted by atomic mass is 9.85. The normalized spacial score (nSPS) is 26.6. The van der Waals surface area contributed by atoms with E-state index in [0.717, 1.165) is 38.8 Å². The smallest absolute Gasteiger partial charge is 0.303 e. The van der Waals surface area contributed by atoms with Crippen LogP contribution in [0.25, 0.3) is 0 Å². The van der Waals surface area contributed by atoms with Crippen molar-refractivity contribution in [2.45, 2.75) is 63.5 Å². The second-order valence-electron chi connectivity index (χ2n) is 6.61. The van der Waals surface area contributed by atoms with Gasteiger partial charge in [-0.15, -0.1) is 0 Å². The van der Waals surface area contributed by atoms with E-state index in [1.807, 2.05) is 11.8 Å². The molecule has 21 heavy (non-hydrogen) atoms. The van der Waals surface area contributed by atoms with Gasteiger partial charge in [-0.1, -0.05) is 6.92 Å². The van der Waals surface area contributed by atoms with Crippen LogP contribution in [-0.4, -0.2) is 47.4 Å². The zero-order chi connectivity index (χ0) is 15.1. The molecule has 0 saturated carbocycles. The third-order valence-corrected chi connectivity index (χ3v) is 5.80. The van der Waals surface area contributed by atoms with Crippen LogP contribution in [0.1, 0.15) is 51.9 Å². The summed E-state index contributed by atoms with van der Waals surface area (Å²) in [6, 6.07) is 0.577. The van der Waals surface area contributed by atoms with Gasteiger partial charge in [-0.2, -0.15) is 11.8 Å². The quantitative estimate of drug-likeness (QED) is 0.756. The van der Waals surface area contributed by atoms with Gasteiger partial charge in [-0.3, -0.25) is 4.79 Å². The summed E-state index contributed by atoms with van der Waals surface area (Å²) in [5.74, 6) is 2.27. The average molecular weight is 315 g/mol. The van der Waals surface area contributed by atoms with Crippen molar-refractivity contribution in [3.05, 3.63) is 0 Å². The molecular weight excluding hydrogens is 286 g/mol. The van der Waals surface area contributed by atoms with Gasteiger partial charge in [0, 0.05) is 19.1 Å². The molecule has 2 rings (SSSR count). The SMILES string of the molecule is CC(CCNC1CCOC2(CCSCC2)C1)CCC(=O)O. The molecule has 4 nitrogen and oxygen atoms in total. The molecule has 122 valence electrons. The maximum atomic E-state index is 10.6. The lowest BCUT2D eigenvalue weighted by Gasteiger charge is -2.43. The highest BCUT2D eigenvalue weighted by molar-refractivity contribution is 7.99. The first kappa shape index (κ1) is 17.1. The first-order valence-electron chi connectivity index (χ1n) is 8.26. The second-order valence-corrected chi connectivity index (χ2v) is 7.84. The summed E-state index contributed by atoms with van der Waals surface area (Å²) >= 11 is 2.04. The van der Waals surface area contributed by atoms with Gasteiger partial charge in [-0.05, 0) is 62.5 Å². The minimum Gasteiger partial charge on any atom is -0.481 e. The predicted molar refractivity (Wildman–Crippen MR) is 86.9 cm³/mol. The maximum absolute atomic E-state index is 10.6. The zero-order valence-electron chi connectivity index (χ0n) is 13.1. The average Bonchev–Trinajstić information content (AvgIpc) is 2.46. The van der Waals surface area contributed by atoms with E-state index in [9.17, 15) is 4.79 Å². The van der Waals surface area contributed by atoms with E-state index in [0.29, 0.717) is 18.4 Å². The third-order valence-electron chi connectivity index (χ3n) is 4.82. The van der Waals surface area contributed by atoms with Crippen LogP contribution in [0, 0.1) is 5.92 Å². The number of nitrogens with one attached hydrogen (secondary N) is 1. The molecule has 2 atom stereocenters. The minimum atomic E-state index is -0.684. The van der Waals surface area contributed by atoms with Crippen LogP contribution in [0.2, 0.25) is 0 Å². The first-order chi connectivity index (χ1) is 10.1. The lowest BCUT2D eigenvalue weighted by molar-refractivity contribution is -0.137. The summed E-state index contributed by atoms with van der Waals surface area (Å²) in [6.07, 6.45) is 6.80. The molecule has 1 spiro atoms. The van der Waals surface area contributed by atoms with Gasteiger partial charge in [0.25, 0.3) is 0 Å². The molecule has 2 aliphatic heterocycles. The van der Waals surface area contributed by atoms with Crippen LogP contribution < -0.4 is 5.32 Å². The fraction of sp³-hybridized carbons (Fsp3) is 0.938. The Labute approximate surface area is 132 Å². The minimum absolute atomic E-state index is 0.149. The van der Waals surface area contributed by atoms with Crippen molar-refractivity contribution in [2.75, 3.05) is 24.7 Å². The summed E-state index contributed by atoms with van der Waals surface area (Å²) in [7, 11) is 0. The van der Waals surface area contributed by atoms with Gasteiger partial charge in [0.2, 0.25) is 0 Å². The molecule has 0 aromatic carbocycles. The Morgan fingerprint density at radius 3 is 2.90 bits per heavy atom. The molecule has 2 aliphatic rings. The molecule has 2 fully saturated rings. The van der Waals surface area contributed by atoms with Gasteiger partial charge in [0.1, 0.15) is 0 Å². The van der Waals surface area contributed by atoms with Crippen LogP contribution in [0.15, 0.2) is 0 Å². The first-order valence-corrected chi connectivity index (χ1v) is 9.42. The van der Waals surface area contributed by atoms with Gasteiger partial charge in [0.05, 0.1) is 5.60 Å². The van der Waals surface area contributed by atoms with Crippen molar-refractivity contribution in [3.63, 3.8) is 0 Å². The highest BCUT2D eigenvalue weighted by Crippen LogP contribution is 2.37. The van der Waals surface area contributed by atoms with Crippen molar-refractivity contribution in [2.24, 2.45) is 5.92 Å². The molecule has 2 unspecified atom stereocenters. The van der Waals surface area contributed by atoms with Crippen LogP contribution >= 0.6 is 11.8 Å². The fourth-order valence-electron chi connectivity index (χ4n) is 3.34. The number of carboxylic acid groups (broad SMARTS) is 1. The predicted octanol–water partition coefficient (Wildman–Crippen LogP) is 2.91. The number of rotatable bonds is 7. The summed E-state index contributed by atoms with van der Waals surface area (Å²) in [4.78, 5) is 10.6.